The van der Waals surface area contributed by atoms with Crippen molar-refractivity contribution >= 4 is 33.0 Å². The number of imidazole rings is 1. The number of aromatic amines is 1. The number of H-pyrrole nitrogens is 1. The lowest BCUT2D eigenvalue weighted by atomic mass is 10.2. The summed E-state index contributed by atoms with van der Waals surface area (Å²) in [6.45, 7) is 0.336. The average Bonchev–Trinajstić information content (AvgIpc) is 3.43. The number of hydrogen-bond acceptors (Lipinski definition) is 7. The zero-order chi connectivity index (χ0) is 19.7. The number of amides is 1. The first kappa shape index (κ1) is 18.7. The van der Waals surface area contributed by atoms with Gasteiger partial charge >= 0.3 is 0 Å². The molecule has 4 rings (SSSR count). The number of hydrogen-bond donors (Lipinski definition) is 2. The van der Waals surface area contributed by atoms with Crippen LogP contribution in [0.2, 0.25) is 0 Å². The molecule has 28 heavy (non-hydrogen) atoms. The second kappa shape index (κ2) is 7.37. The lowest BCUT2D eigenvalue weighted by Gasteiger charge is -2.20. The van der Waals surface area contributed by atoms with Crippen LogP contribution >= 0.6 is 11.3 Å². The van der Waals surface area contributed by atoms with Gasteiger partial charge in [-0.2, -0.15) is 4.31 Å². The highest BCUT2D eigenvalue weighted by Gasteiger charge is 2.39. The lowest BCUT2D eigenvalue weighted by Crippen LogP contribution is -2.30. The summed E-state index contributed by atoms with van der Waals surface area (Å²) in [6.07, 6.45) is 3.78. The Morgan fingerprint density at radius 1 is 1.32 bits per heavy atom. The van der Waals surface area contributed by atoms with Crippen LogP contribution in [0.3, 0.4) is 0 Å². The summed E-state index contributed by atoms with van der Waals surface area (Å²) in [5.41, 5.74) is 0.0357. The van der Waals surface area contributed by atoms with Gasteiger partial charge < -0.3 is 10.3 Å². The SMILES string of the molecule is O=C(Nc1ccccc1F)c1nnc([C@H]2CCCN2S(=O)(=O)c2cnc[nH]2)s1. The highest BCUT2D eigenvalue weighted by Crippen LogP contribution is 2.37. The maximum absolute atomic E-state index is 13.7. The van der Waals surface area contributed by atoms with Crippen LogP contribution < -0.4 is 5.32 Å². The van der Waals surface area contributed by atoms with Crippen molar-refractivity contribution in [2.75, 3.05) is 11.9 Å². The zero-order valence-electron chi connectivity index (χ0n) is 14.4. The molecule has 9 nitrogen and oxygen atoms in total. The predicted octanol–water partition coefficient (Wildman–Crippen LogP) is 2.18. The van der Waals surface area contributed by atoms with E-state index in [9.17, 15) is 17.6 Å². The van der Waals surface area contributed by atoms with Crippen LogP contribution in [0.15, 0.2) is 41.8 Å². The Morgan fingerprint density at radius 2 is 2.14 bits per heavy atom. The molecular weight excluding hydrogens is 407 g/mol. The minimum absolute atomic E-state index is 0.00133. The monoisotopic (exact) mass is 422 g/mol. The quantitative estimate of drug-likeness (QED) is 0.650. The maximum Gasteiger partial charge on any atom is 0.286 e. The third-order valence-corrected chi connectivity index (χ3v) is 7.16. The first-order valence-electron chi connectivity index (χ1n) is 8.36. The molecular formula is C16H15FN6O3S2. The van der Waals surface area contributed by atoms with E-state index in [-0.39, 0.29) is 15.7 Å². The van der Waals surface area contributed by atoms with E-state index in [1.54, 1.807) is 6.07 Å². The fraction of sp³-hybridized carbons (Fsp3) is 0.250. The molecule has 12 heteroatoms. The molecule has 1 saturated heterocycles. The number of sulfonamides is 1. The van der Waals surface area contributed by atoms with E-state index in [2.05, 4.69) is 25.5 Å². The number of para-hydroxylation sites is 1. The maximum atomic E-state index is 13.7. The van der Waals surface area contributed by atoms with Crippen molar-refractivity contribution < 1.29 is 17.6 Å². The summed E-state index contributed by atoms with van der Waals surface area (Å²) in [6, 6.07) is 5.27. The van der Waals surface area contributed by atoms with Crippen LogP contribution in [0.1, 0.15) is 33.7 Å². The van der Waals surface area contributed by atoms with Gasteiger partial charge in [0.15, 0.2) is 5.03 Å². The Kier molecular flexibility index (Phi) is 4.91. The number of nitrogens with one attached hydrogen (secondary N) is 2. The van der Waals surface area contributed by atoms with Crippen LogP contribution in [-0.2, 0) is 10.0 Å². The van der Waals surface area contributed by atoms with Gasteiger partial charge in [-0.3, -0.25) is 4.79 Å². The molecule has 2 N–H and O–H groups in total. The molecule has 0 bridgehead atoms. The topological polar surface area (TPSA) is 121 Å². The molecule has 1 aliphatic heterocycles. The van der Waals surface area contributed by atoms with Crippen molar-refractivity contribution in [1.29, 1.82) is 0 Å². The zero-order valence-corrected chi connectivity index (χ0v) is 16.0. The first-order valence-corrected chi connectivity index (χ1v) is 10.6. The molecule has 1 aromatic carbocycles. The summed E-state index contributed by atoms with van der Waals surface area (Å²) >= 11 is 0.992. The molecule has 3 heterocycles. The molecule has 1 fully saturated rings. The largest absolute Gasteiger partial charge is 0.335 e. The Morgan fingerprint density at radius 3 is 2.89 bits per heavy atom. The standard InChI is InChI=1S/C16H15FN6O3S2/c17-10-4-1-2-5-11(10)20-14(24)16-22-21-15(27-16)12-6-3-7-23(12)28(25,26)13-8-18-9-19-13/h1-2,4-5,8-9,12H,3,6-7H2,(H,18,19)(H,20,24)/t12-/m1/s1. The van der Waals surface area contributed by atoms with Crippen molar-refractivity contribution in [3.05, 3.63) is 52.6 Å². The highest BCUT2D eigenvalue weighted by atomic mass is 32.2. The van der Waals surface area contributed by atoms with Gasteiger partial charge in [0.1, 0.15) is 10.8 Å². The van der Waals surface area contributed by atoms with E-state index < -0.39 is 27.8 Å². The molecule has 1 atom stereocenters. The second-order valence-corrected chi connectivity index (χ2v) is 8.94. The molecule has 146 valence electrons. The third-order valence-electron chi connectivity index (χ3n) is 4.31. The van der Waals surface area contributed by atoms with E-state index in [0.717, 1.165) is 11.3 Å². The van der Waals surface area contributed by atoms with Crippen molar-refractivity contribution in [1.82, 2.24) is 24.5 Å². The van der Waals surface area contributed by atoms with Crippen molar-refractivity contribution in [2.24, 2.45) is 0 Å². The van der Waals surface area contributed by atoms with Crippen LogP contribution in [0.25, 0.3) is 0 Å². The van der Waals surface area contributed by atoms with Gasteiger partial charge in [0.25, 0.3) is 15.9 Å². The average molecular weight is 422 g/mol. The summed E-state index contributed by atoms with van der Waals surface area (Å²) < 4.78 is 40.6. The molecule has 2 aromatic heterocycles. The van der Waals surface area contributed by atoms with Gasteiger partial charge in [-0.1, -0.05) is 23.5 Å². The highest BCUT2D eigenvalue weighted by molar-refractivity contribution is 7.89. The number of carbonyl (C=O) groups excluding carboxylic acids is 1. The van der Waals surface area contributed by atoms with Gasteiger partial charge in [-0.15, -0.1) is 10.2 Å². The molecule has 0 aliphatic carbocycles. The number of halogens is 1. The number of benzene rings is 1. The predicted molar refractivity (Wildman–Crippen MR) is 98.7 cm³/mol. The van der Waals surface area contributed by atoms with E-state index in [1.807, 2.05) is 0 Å². The lowest BCUT2D eigenvalue weighted by molar-refractivity contribution is 0.102. The minimum atomic E-state index is -3.75. The fourth-order valence-electron chi connectivity index (χ4n) is 2.98. The van der Waals surface area contributed by atoms with Crippen LogP contribution in [-0.4, -0.2) is 45.3 Å². The molecule has 1 amide bonds. The summed E-state index contributed by atoms with van der Waals surface area (Å²) in [4.78, 5) is 18.7. The van der Waals surface area contributed by atoms with E-state index in [4.69, 9.17) is 0 Å². The fourth-order valence-corrected chi connectivity index (χ4v) is 5.50. The molecule has 0 radical (unpaired) electrons. The van der Waals surface area contributed by atoms with Crippen LogP contribution in [0.5, 0.6) is 0 Å². The van der Waals surface area contributed by atoms with Crippen molar-refractivity contribution in [3.63, 3.8) is 0 Å². The minimum Gasteiger partial charge on any atom is -0.335 e. The van der Waals surface area contributed by atoms with E-state index in [1.165, 1.54) is 35.0 Å². The Labute approximate surface area is 163 Å². The molecule has 0 unspecified atom stereocenters. The Balaban J connectivity index is 1.55. The van der Waals surface area contributed by atoms with Crippen LogP contribution in [0, 0.1) is 5.82 Å². The first-order chi connectivity index (χ1) is 13.5. The Hall–Kier alpha value is -2.70. The molecule has 0 saturated carbocycles. The third kappa shape index (κ3) is 3.41. The van der Waals surface area contributed by atoms with Crippen molar-refractivity contribution in [3.8, 4) is 0 Å². The molecule has 1 aliphatic rings. The second-order valence-electron chi connectivity index (χ2n) is 6.07. The van der Waals surface area contributed by atoms with Gasteiger partial charge in [-0.05, 0) is 25.0 Å². The number of carbonyl (C=O) groups is 1. The molecule has 0 spiro atoms. The number of anilines is 1. The number of aromatic nitrogens is 4. The van der Waals surface area contributed by atoms with Gasteiger partial charge in [0, 0.05) is 6.54 Å². The molecule has 3 aromatic rings. The Bertz CT molecular complexity index is 1100. The van der Waals surface area contributed by atoms with Crippen molar-refractivity contribution in [2.45, 2.75) is 23.9 Å². The van der Waals surface area contributed by atoms with Crippen LogP contribution in [0.4, 0.5) is 10.1 Å². The van der Waals surface area contributed by atoms with E-state index >= 15 is 0 Å². The number of nitrogens with zero attached hydrogens (tertiary/aromatic N) is 4. The number of rotatable bonds is 5. The summed E-state index contributed by atoms with van der Waals surface area (Å²) in [5, 5.41) is 10.8. The summed E-state index contributed by atoms with van der Waals surface area (Å²) in [5.74, 6) is -1.16. The van der Waals surface area contributed by atoms with Gasteiger partial charge in [0.2, 0.25) is 5.01 Å². The normalized spacial score (nSPS) is 17.7. The van der Waals surface area contributed by atoms with Gasteiger partial charge in [0.05, 0.1) is 24.3 Å². The van der Waals surface area contributed by atoms with E-state index in [0.29, 0.717) is 24.4 Å². The summed E-state index contributed by atoms with van der Waals surface area (Å²) in [7, 11) is -3.75. The van der Waals surface area contributed by atoms with Gasteiger partial charge in [-0.25, -0.2) is 17.8 Å². The smallest absolute Gasteiger partial charge is 0.286 e.